The third-order valence-electron chi connectivity index (χ3n) is 4.72. The number of carbonyl (C=O) groups is 3. The number of amides is 2. The summed E-state index contributed by atoms with van der Waals surface area (Å²) in [6.45, 7) is 1.72. The Balaban J connectivity index is 1.76. The van der Waals surface area contributed by atoms with Gasteiger partial charge < -0.3 is 19.7 Å². The minimum Gasteiger partial charge on any atom is -0.497 e. The van der Waals surface area contributed by atoms with Gasteiger partial charge in [0.25, 0.3) is 0 Å². The van der Waals surface area contributed by atoms with Crippen molar-refractivity contribution in [1.29, 1.82) is 0 Å². The Morgan fingerprint density at radius 1 is 1.11 bits per heavy atom. The topological polar surface area (TPSA) is 84.9 Å². The zero-order chi connectivity index (χ0) is 20.3. The monoisotopic (exact) mass is 382 g/mol. The van der Waals surface area contributed by atoms with Crippen molar-refractivity contribution in [2.75, 3.05) is 31.0 Å². The van der Waals surface area contributed by atoms with Crippen molar-refractivity contribution in [3.63, 3.8) is 0 Å². The SMILES string of the molecule is COc1ccc(OC)c(NC(=O)C2CC(=O)N(c3cccc(C(C)=O)c3)C2)c1. The Labute approximate surface area is 163 Å². The molecule has 2 aromatic carbocycles. The zero-order valence-corrected chi connectivity index (χ0v) is 16.0. The molecule has 0 saturated carbocycles. The molecule has 1 fully saturated rings. The first-order valence-electron chi connectivity index (χ1n) is 8.87. The van der Waals surface area contributed by atoms with Gasteiger partial charge in [-0.05, 0) is 31.2 Å². The highest BCUT2D eigenvalue weighted by molar-refractivity contribution is 6.04. The summed E-state index contributed by atoms with van der Waals surface area (Å²) in [7, 11) is 3.05. The van der Waals surface area contributed by atoms with E-state index < -0.39 is 5.92 Å². The fourth-order valence-corrected chi connectivity index (χ4v) is 3.17. The molecule has 1 atom stereocenters. The number of hydrogen-bond acceptors (Lipinski definition) is 5. The molecule has 7 nitrogen and oxygen atoms in total. The van der Waals surface area contributed by atoms with E-state index in [1.165, 1.54) is 21.1 Å². The van der Waals surface area contributed by atoms with Gasteiger partial charge >= 0.3 is 0 Å². The van der Waals surface area contributed by atoms with Crippen molar-refractivity contribution in [3.05, 3.63) is 48.0 Å². The van der Waals surface area contributed by atoms with Crippen LogP contribution >= 0.6 is 0 Å². The molecule has 1 N–H and O–H groups in total. The molecule has 2 aromatic rings. The van der Waals surface area contributed by atoms with E-state index in [9.17, 15) is 14.4 Å². The molecule has 1 unspecified atom stereocenters. The summed E-state index contributed by atoms with van der Waals surface area (Å²) in [5.41, 5.74) is 1.63. The summed E-state index contributed by atoms with van der Waals surface area (Å²) in [6.07, 6.45) is 0.0996. The van der Waals surface area contributed by atoms with Crippen LogP contribution in [0.4, 0.5) is 11.4 Å². The fraction of sp³-hybridized carbons (Fsp3) is 0.286. The molecule has 0 aromatic heterocycles. The van der Waals surface area contributed by atoms with Crippen LogP contribution in [0.1, 0.15) is 23.7 Å². The van der Waals surface area contributed by atoms with Crippen molar-refractivity contribution in [2.24, 2.45) is 5.92 Å². The molecule has 146 valence electrons. The van der Waals surface area contributed by atoms with Gasteiger partial charge in [-0.1, -0.05) is 12.1 Å². The second-order valence-corrected chi connectivity index (χ2v) is 6.57. The van der Waals surface area contributed by atoms with Crippen molar-refractivity contribution in [1.82, 2.24) is 0 Å². The van der Waals surface area contributed by atoms with E-state index in [1.54, 1.807) is 47.4 Å². The number of ether oxygens (including phenoxy) is 2. The number of methoxy groups -OCH3 is 2. The average molecular weight is 382 g/mol. The molecule has 1 saturated heterocycles. The summed E-state index contributed by atoms with van der Waals surface area (Å²) in [6, 6.07) is 12.0. The zero-order valence-electron chi connectivity index (χ0n) is 16.0. The third-order valence-corrected chi connectivity index (χ3v) is 4.72. The number of Topliss-reactive ketones (excluding diaryl/α,β-unsaturated/α-hetero) is 1. The molecule has 1 heterocycles. The first-order valence-corrected chi connectivity index (χ1v) is 8.87. The third kappa shape index (κ3) is 3.98. The number of benzene rings is 2. The van der Waals surface area contributed by atoms with Crippen LogP contribution in [0.2, 0.25) is 0 Å². The van der Waals surface area contributed by atoms with E-state index in [0.29, 0.717) is 28.4 Å². The molecule has 0 radical (unpaired) electrons. The van der Waals surface area contributed by atoms with Crippen LogP contribution in [-0.2, 0) is 9.59 Å². The minimum absolute atomic E-state index is 0.0760. The Kier molecular flexibility index (Phi) is 5.63. The Hall–Kier alpha value is -3.35. The highest BCUT2D eigenvalue weighted by Crippen LogP contribution is 2.31. The van der Waals surface area contributed by atoms with E-state index in [-0.39, 0.29) is 30.6 Å². The first-order chi connectivity index (χ1) is 13.4. The summed E-state index contributed by atoms with van der Waals surface area (Å²) in [4.78, 5) is 38.3. The molecule has 0 spiro atoms. The van der Waals surface area contributed by atoms with Gasteiger partial charge in [-0.2, -0.15) is 0 Å². The minimum atomic E-state index is -0.510. The van der Waals surface area contributed by atoms with E-state index in [1.807, 2.05) is 0 Å². The van der Waals surface area contributed by atoms with Gasteiger partial charge in [0.05, 0.1) is 25.8 Å². The second-order valence-electron chi connectivity index (χ2n) is 6.57. The number of ketones is 1. The lowest BCUT2D eigenvalue weighted by molar-refractivity contribution is -0.122. The standard InChI is InChI=1S/C21H22N2O5/c1-13(24)14-5-4-6-16(9-14)23-12-15(10-20(23)25)21(26)22-18-11-17(27-2)7-8-19(18)28-3/h4-9,11,15H,10,12H2,1-3H3,(H,22,26). The quantitative estimate of drug-likeness (QED) is 0.777. The highest BCUT2D eigenvalue weighted by Gasteiger charge is 2.35. The van der Waals surface area contributed by atoms with Gasteiger partial charge in [0.2, 0.25) is 11.8 Å². The van der Waals surface area contributed by atoms with Crippen molar-refractivity contribution >= 4 is 29.0 Å². The molecule has 7 heteroatoms. The molecule has 0 aliphatic carbocycles. The highest BCUT2D eigenvalue weighted by atomic mass is 16.5. The van der Waals surface area contributed by atoms with E-state index in [2.05, 4.69) is 5.32 Å². The number of nitrogens with one attached hydrogen (secondary N) is 1. The first kappa shape index (κ1) is 19.4. The maximum atomic E-state index is 12.7. The van der Waals surface area contributed by atoms with Crippen LogP contribution in [-0.4, -0.2) is 38.4 Å². The largest absolute Gasteiger partial charge is 0.497 e. The van der Waals surface area contributed by atoms with E-state index >= 15 is 0 Å². The predicted octanol–water partition coefficient (Wildman–Crippen LogP) is 2.90. The van der Waals surface area contributed by atoms with E-state index in [0.717, 1.165) is 0 Å². The average Bonchev–Trinajstić information content (AvgIpc) is 3.09. The maximum Gasteiger partial charge on any atom is 0.229 e. The van der Waals surface area contributed by atoms with Crippen LogP contribution in [0.15, 0.2) is 42.5 Å². The van der Waals surface area contributed by atoms with Gasteiger partial charge in [-0.25, -0.2) is 0 Å². The molecule has 2 amide bonds. The predicted molar refractivity (Wildman–Crippen MR) is 105 cm³/mol. The van der Waals surface area contributed by atoms with Gasteiger partial charge in [0.15, 0.2) is 5.78 Å². The maximum absolute atomic E-state index is 12.7. The van der Waals surface area contributed by atoms with Crippen LogP contribution in [0.5, 0.6) is 11.5 Å². The fourth-order valence-electron chi connectivity index (χ4n) is 3.17. The molecular formula is C21H22N2O5. The number of rotatable bonds is 6. The van der Waals surface area contributed by atoms with Crippen LogP contribution in [0.25, 0.3) is 0 Å². The number of anilines is 2. The van der Waals surface area contributed by atoms with Crippen molar-refractivity contribution in [2.45, 2.75) is 13.3 Å². The summed E-state index contributed by atoms with van der Waals surface area (Å²) in [5, 5.41) is 2.82. The molecule has 1 aliphatic heterocycles. The number of carbonyl (C=O) groups excluding carboxylic acids is 3. The van der Waals surface area contributed by atoms with Gasteiger partial charge in [-0.3, -0.25) is 14.4 Å². The van der Waals surface area contributed by atoms with Gasteiger partial charge in [0.1, 0.15) is 11.5 Å². The van der Waals surface area contributed by atoms with Crippen molar-refractivity contribution < 1.29 is 23.9 Å². The molecule has 0 bridgehead atoms. The summed E-state index contributed by atoms with van der Waals surface area (Å²) < 4.78 is 10.5. The second kappa shape index (κ2) is 8.12. The number of hydrogen-bond donors (Lipinski definition) is 1. The Morgan fingerprint density at radius 2 is 1.89 bits per heavy atom. The van der Waals surface area contributed by atoms with Crippen LogP contribution < -0.4 is 19.7 Å². The summed E-state index contributed by atoms with van der Waals surface area (Å²) in [5.74, 6) is 0.0756. The smallest absolute Gasteiger partial charge is 0.229 e. The lowest BCUT2D eigenvalue weighted by Crippen LogP contribution is -2.28. The molecular weight excluding hydrogens is 360 g/mol. The van der Waals surface area contributed by atoms with Crippen LogP contribution in [0, 0.1) is 5.92 Å². The van der Waals surface area contributed by atoms with Gasteiger partial charge in [0, 0.05) is 30.3 Å². The lowest BCUT2D eigenvalue weighted by Gasteiger charge is -2.18. The Bertz CT molecular complexity index is 925. The lowest BCUT2D eigenvalue weighted by atomic mass is 10.1. The van der Waals surface area contributed by atoms with Crippen molar-refractivity contribution in [3.8, 4) is 11.5 Å². The van der Waals surface area contributed by atoms with E-state index in [4.69, 9.17) is 9.47 Å². The number of nitrogens with zero attached hydrogens (tertiary/aromatic N) is 1. The summed E-state index contributed by atoms with van der Waals surface area (Å²) >= 11 is 0. The molecule has 3 rings (SSSR count). The Morgan fingerprint density at radius 3 is 2.57 bits per heavy atom. The molecule has 28 heavy (non-hydrogen) atoms. The van der Waals surface area contributed by atoms with Gasteiger partial charge in [-0.15, -0.1) is 0 Å². The van der Waals surface area contributed by atoms with Crippen LogP contribution in [0.3, 0.4) is 0 Å². The normalized spacial score (nSPS) is 16.0. The molecule has 1 aliphatic rings.